The Kier molecular flexibility index (Phi) is 4.97. The fraction of sp³-hybridized carbons (Fsp3) is 0.562. The average molecular weight is 260 g/mol. The summed E-state index contributed by atoms with van der Waals surface area (Å²) in [4.78, 5) is 14.0. The standard InChI is InChI=1S/C16H24N2O/c1-13(14-8-4-3-5-9-14)18(2)16(19)12-17-15-10-6-7-11-15/h3-5,8-9,13,15,17H,6-7,10-12H2,1-2H3. The van der Waals surface area contributed by atoms with Gasteiger partial charge in [0.25, 0.3) is 0 Å². The molecular weight excluding hydrogens is 236 g/mol. The molecule has 0 radical (unpaired) electrons. The highest BCUT2D eigenvalue weighted by atomic mass is 16.2. The number of rotatable bonds is 5. The van der Waals surface area contributed by atoms with E-state index in [1.165, 1.54) is 31.2 Å². The highest BCUT2D eigenvalue weighted by molar-refractivity contribution is 5.78. The molecule has 0 bridgehead atoms. The van der Waals surface area contributed by atoms with Crippen molar-refractivity contribution in [2.24, 2.45) is 0 Å². The van der Waals surface area contributed by atoms with Crippen molar-refractivity contribution >= 4 is 5.91 Å². The molecule has 19 heavy (non-hydrogen) atoms. The molecular formula is C16H24N2O. The molecule has 1 saturated carbocycles. The summed E-state index contributed by atoms with van der Waals surface area (Å²) < 4.78 is 0. The average Bonchev–Trinajstić information content (AvgIpc) is 2.97. The molecule has 1 aromatic carbocycles. The van der Waals surface area contributed by atoms with Crippen LogP contribution in [0.3, 0.4) is 0 Å². The van der Waals surface area contributed by atoms with Gasteiger partial charge in [-0.2, -0.15) is 0 Å². The molecule has 1 unspecified atom stereocenters. The van der Waals surface area contributed by atoms with Crippen LogP contribution < -0.4 is 5.32 Å². The first-order valence-corrected chi connectivity index (χ1v) is 7.22. The maximum atomic E-state index is 12.2. The van der Waals surface area contributed by atoms with Gasteiger partial charge in [-0.25, -0.2) is 0 Å². The number of nitrogens with one attached hydrogen (secondary N) is 1. The van der Waals surface area contributed by atoms with E-state index in [4.69, 9.17) is 0 Å². The minimum absolute atomic E-state index is 0.124. The second-order valence-corrected chi connectivity index (χ2v) is 5.45. The Bertz CT molecular complexity index is 398. The van der Waals surface area contributed by atoms with Gasteiger partial charge in [0, 0.05) is 13.1 Å². The van der Waals surface area contributed by atoms with Crippen LogP contribution in [0.2, 0.25) is 0 Å². The van der Waals surface area contributed by atoms with Crippen LogP contribution in [0.1, 0.15) is 44.2 Å². The topological polar surface area (TPSA) is 32.3 Å². The minimum Gasteiger partial charge on any atom is -0.338 e. The van der Waals surface area contributed by atoms with Crippen LogP contribution in [-0.4, -0.2) is 30.4 Å². The van der Waals surface area contributed by atoms with Crippen molar-refractivity contribution in [2.45, 2.75) is 44.7 Å². The third kappa shape index (κ3) is 3.80. The van der Waals surface area contributed by atoms with Gasteiger partial charge in [0.15, 0.2) is 0 Å². The molecule has 0 saturated heterocycles. The molecule has 0 spiro atoms. The smallest absolute Gasteiger partial charge is 0.236 e. The number of carbonyl (C=O) groups is 1. The van der Waals surface area contributed by atoms with Gasteiger partial charge in [0.05, 0.1) is 12.6 Å². The van der Waals surface area contributed by atoms with Crippen molar-refractivity contribution in [1.29, 1.82) is 0 Å². The molecule has 1 fully saturated rings. The molecule has 3 nitrogen and oxygen atoms in total. The van der Waals surface area contributed by atoms with E-state index in [9.17, 15) is 4.79 Å². The van der Waals surface area contributed by atoms with Crippen molar-refractivity contribution < 1.29 is 4.79 Å². The van der Waals surface area contributed by atoms with Gasteiger partial charge in [-0.15, -0.1) is 0 Å². The summed E-state index contributed by atoms with van der Waals surface area (Å²) in [6.45, 7) is 2.53. The van der Waals surface area contributed by atoms with E-state index >= 15 is 0 Å². The molecule has 1 aliphatic rings. The number of likely N-dealkylation sites (N-methyl/N-ethyl adjacent to an activating group) is 1. The molecule has 104 valence electrons. The number of amides is 1. The third-order valence-corrected chi connectivity index (χ3v) is 4.15. The molecule has 1 aliphatic carbocycles. The summed E-state index contributed by atoms with van der Waals surface area (Å²) in [5.74, 6) is 0.170. The number of carbonyl (C=O) groups excluding carboxylic acids is 1. The molecule has 1 atom stereocenters. The van der Waals surface area contributed by atoms with Gasteiger partial charge in [0.1, 0.15) is 0 Å². The maximum absolute atomic E-state index is 12.2. The fourth-order valence-electron chi connectivity index (χ4n) is 2.66. The van der Waals surface area contributed by atoms with Gasteiger partial charge in [-0.3, -0.25) is 4.79 Å². The summed E-state index contributed by atoms with van der Waals surface area (Å²) in [7, 11) is 1.89. The van der Waals surface area contributed by atoms with E-state index in [0.29, 0.717) is 12.6 Å². The molecule has 1 N–H and O–H groups in total. The van der Waals surface area contributed by atoms with Gasteiger partial charge in [-0.05, 0) is 25.3 Å². The lowest BCUT2D eigenvalue weighted by Crippen LogP contribution is -2.40. The van der Waals surface area contributed by atoms with Crippen LogP contribution >= 0.6 is 0 Å². The van der Waals surface area contributed by atoms with Crippen molar-refractivity contribution in [3.05, 3.63) is 35.9 Å². The van der Waals surface area contributed by atoms with Crippen LogP contribution in [0.25, 0.3) is 0 Å². The van der Waals surface area contributed by atoms with Gasteiger partial charge >= 0.3 is 0 Å². The number of benzene rings is 1. The normalized spacial score (nSPS) is 17.4. The van der Waals surface area contributed by atoms with E-state index in [-0.39, 0.29) is 11.9 Å². The molecule has 0 heterocycles. The summed E-state index contributed by atoms with van der Waals surface area (Å²) in [5.41, 5.74) is 1.18. The lowest BCUT2D eigenvalue weighted by Gasteiger charge is -2.26. The first-order chi connectivity index (χ1) is 9.18. The molecule has 0 aromatic heterocycles. The van der Waals surface area contributed by atoms with Gasteiger partial charge < -0.3 is 10.2 Å². The quantitative estimate of drug-likeness (QED) is 0.883. The van der Waals surface area contributed by atoms with Crippen LogP contribution in [0.15, 0.2) is 30.3 Å². The van der Waals surface area contributed by atoms with Crippen LogP contribution in [0, 0.1) is 0 Å². The number of nitrogens with zero attached hydrogens (tertiary/aromatic N) is 1. The van der Waals surface area contributed by atoms with E-state index < -0.39 is 0 Å². The monoisotopic (exact) mass is 260 g/mol. The van der Waals surface area contributed by atoms with Crippen molar-refractivity contribution in [2.75, 3.05) is 13.6 Å². The Hall–Kier alpha value is -1.35. The second-order valence-electron chi connectivity index (χ2n) is 5.45. The van der Waals surface area contributed by atoms with E-state index in [0.717, 1.165) is 0 Å². The summed E-state index contributed by atoms with van der Waals surface area (Å²) >= 11 is 0. The third-order valence-electron chi connectivity index (χ3n) is 4.15. The summed E-state index contributed by atoms with van der Waals surface area (Å²) in [6.07, 6.45) is 5.01. The Morgan fingerprint density at radius 3 is 2.58 bits per heavy atom. The van der Waals surface area contributed by atoms with Crippen molar-refractivity contribution in [3.8, 4) is 0 Å². The molecule has 0 aliphatic heterocycles. The van der Waals surface area contributed by atoms with E-state index in [2.05, 4.69) is 24.4 Å². The number of hydrogen-bond donors (Lipinski definition) is 1. The summed E-state index contributed by atoms with van der Waals surface area (Å²) in [5, 5.41) is 3.38. The van der Waals surface area contributed by atoms with E-state index in [1.807, 2.05) is 30.1 Å². The highest BCUT2D eigenvalue weighted by Gasteiger charge is 2.19. The largest absolute Gasteiger partial charge is 0.338 e. The molecule has 1 aromatic rings. The Balaban J connectivity index is 1.84. The van der Waals surface area contributed by atoms with Crippen LogP contribution in [0.4, 0.5) is 0 Å². The van der Waals surface area contributed by atoms with Crippen LogP contribution in [-0.2, 0) is 4.79 Å². The Morgan fingerprint density at radius 1 is 1.32 bits per heavy atom. The zero-order chi connectivity index (χ0) is 13.7. The SMILES string of the molecule is CC(c1ccccc1)N(C)C(=O)CNC1CCCC1. The number of hydrogen-bond acceptors (Lipinski definition) is 2. The lowest BCUT2D eigenvalue weighted by molar-refractivity contribution is -0.131. The fourth-order valence-corrected chi connectivity index (χ4v) is 2.66. The second kappa shape index (κ2) is 6.71. The first kappa shape index (κ1) is 14.1. The molecule has 3 heteroatoms. The van der Waals surface area contributed by atoms with E-state index in [1.54, 1.807) is 0 Å². The molecule has 1 amide bonds. The first-order valence-electron chi connectivity index (χ1n) is 7.22. The van der Waals surface area contributed by atoms with Crippen molar-refractivity contribution in [1.82, 2.24) is 10.2 Å². The Labute approximate surface area is 116 Å². The summed E-state index contributed by atoms with van der Waals surface area (Å²) in [6, 6.07) is 10.8. The van der Waals surface area contributed by atoms with Gasteiger partial charge in [-0.1, -0.05) is 43.2 Å². The predicted octanol–water partition coefficient (Wildman–Crippen LogP) is 2.74. The van der Waals surface area contributed by atoms with Gasteiger partial charge in [0.2, 0.25) is 5.91 Å². The zero-order valence-corrected chi connectivity index (χ0v) is 11.9. The zero-order valence-electron chi connectivity index (χ0n) is 11.9. The van der Waals surface area contributed by atoms with Crippen molar-refractivity contribution in [3.63, 3.8) is 0 Å². The molecule has 2 rings (SSSR count). The minimum atomic E-state index is 0.124. The Morgan fingerprint density at radius 2 is 1.95 bits per heavy atom. The highest BCUT2D eigenvalue weighted by Crippen LogP contribution is 2.19. The maximum Gasteiger partial charge on any atom is 0.236 e. The van der Waals surface area contributed by atoms with Crippen LogP contribution in [0.5, 0.6) is 0 Å². The lowest BCUT2D eigenvalue weighted by atomic mass is 10.1. The predicted molar refractivity (Wildman–Crippen MR) is 77.9 cm³/mol.